The monoisotopic (exact) mass is 725 g/mol. The highest BCUT2D eigenvalue weighted by atomic mass is 32.2. The van der Waals surface area contributed by atoms with Crippen molar-refractivity contribution in [3.8, 4) is 27.9 Å². The molecule has 0 amide bonds. The maximum Gasteiger partial charge on any atom is 0.181 e. The van der Waals surface area contributed by atoms with Crippen LogP contribution in [0.25, 0.3) is 49.7 Å². The van der Waals surface area contributed by atoms with Crippen molar-refractivity contribution in [3.63, 3.8) is 0 Å². The summed E-state index contributed by atoms with van der Waals surface area (Å²) < 4.78 is 2.43. The van der Waals surface area contributed by atoms with E-state index >= 15 is 0 Å². The van der Waals surface area contributed by atoms with Crippen LogP contribution in [0, 0.1) is 6.92 Å². The molecule has 0 radical (unpaired) electrons. The molecule has 3 heteroatoms. The second-order valence-corrected chi connectivity index (χ2v) is 19.3. The van der Waals surface area contributed by atoms with E-state index in [2.05, 4.69) is 206 Å². The molecule has 0 saturated carbocycles. The van der Waals surface area contributed by atoms with Gasteiger partial charge in [0, 0.05) is 26.3 Å². The van der Waals surface area contributed by atoms with Gasteiger partial charge in [0.05, 0.1) is 11.0 Å². The van der Waals surface area contributed by atoms with Gasteiger partial charge in [0.2, 0.25) is 0 Å². The van der Waals surface area contributed by atoms with Crippen LogP contribution in [0.4, 0.5) is 0 Å². The zero-order chi connectivity index (χ0) is 36.2. The molecular weight excluding hydrogens is 687 g/mol. The van der Waals surface area contributed by atoms with Crippen molar-refractivity contribution in [1.82, 2.24) is 4.57 Å². The van der Waals surface area contributed by atoms with Crippen LogP contribution in [0.5, 0.6) is 0 Å². The molecule has 0 bridgehead atoms. The number of para-hydroxylation sites is 2. The van der Waals surface area contributed by atoms with Crippen LogP contribution in [0.15, 0.2) is 198 Å². The number of hydrogen-bond acceptors (Lipinski definition) is 1. The minimum Gasteiger partial charge on any atom is -0.309 e. The van der Waals surface area contributed by atoms with E-state index in [1.165, 1.54) is 91.4 Å². The molecular formula is C51H39NSSi. The van der Waals surface area contributed by atoms with Crippen LogP contribution in [0.3, 0.4) is 0 Å². The summed E-state index contributed by atoms with van der Waals surface area (Å²) in [5.74, 6) is 0. The summed E-state index contributed by atoms with van der Waals surface area (Å²) in [6, 6.07) is 71.1. The zero-order valence-corrected chi connectivity index (χ0v) is 32.3. The lowest BCUT2D eigenvalue weighted by molar-refractivity contribution is 1.14. The average Bonchev–Trinajstić information content (AvgIpc) is 3.57. The topological polar surface area (TPSA) is 4.93 Å². The highest BCUT2D eigenvalue weighted by Crippen LogP contribution is 2.37. The van der Waals surface area contributed by atoms with Crippen molar-refractivity contribution < 1.29 is 0 Å². The normalized spacial score (nSPS) is 14.9. The predicted octanol–water partition coefficient (Wildman–Crippen LogP) is 10.8. The number of aromatic nitrogens is 1. The van der Waals surface area contributed by atoms with Crippen molar-refractivity contribution in [2.75, 3.05) is 0 Å². The fourth-order valence-corrected chi connectivity index (χ4v) is 15.7. The van der Waals surface area contributed by atoms with Crippen molar-refractivity contribution in [3.05, 3.63) is 199 Å². The van der Waals surface area contributed by atoms with Crippen LogP contribution >= 0.6 is 11.8 Å². The van der Waals surface area contributed by atoms with Gasteiger partial charge in [0.1, 0.15) is 0 Å². The molecule has 10 rings (SSSR count). The van der Waals surface area contributed by atoms with E-state index in [4.69, 9.17) is 0 Å². The molecule has 0 fully saturated rings. The SMILES string of the molecule is CCc1cccc(-c2ccc3c(c2)Sc2ccccc2[Si]3(c2ccc(-c3cccc(C)c3)cc2)c2ccc(-n3c4ccccc4c4ccccc43)cc2)c1. The van der Waals surface area contributed by atoms with Crippen LogP contribution in [0.1, 0.15) is 18.1 Å². The Hall–Kier alpha value is -5.87. The zero-order valence-electron chi connectivity index (χ0n) is 30.5. The fourth-order valence-electron chi connectivity index (χ4n) is 8.78. The van der Waals surface area contributed by atoms with E-state index in [-0.39, 0.29) is 0 Å². The van der Waals surface area contributed by atoms with Gasteiger partial charge in [-0.1, -0.05) is 176 Å². The highest BCUT2D eigenvalue weighted by molar-refractivity contribution is 8.00. The van der Waals surface area contributed by atoms with E-state index in [0.29, 0.717) is 0 Å². The van der Waals surface area contributed by atoms with Gasteiger partial charge >= 0.3 is 0 Å². The second-order valence-electron chi connectivity index (χ2n) is 14.5. The molecule has 0 N–H and O–H groups in total. The molecule has 1 nitrogen and oxygen atoms in total. The standard InChI is InChI=1S/C51H39NSSi/c1-3-36-13-11-15-39(33-36)40-24-31-51-49(34-40)53-48-20-8-9-21-50(48)54(51,42-27-22-37(23-28-42)38-14-10-12-35(2)32-38)43-29-25-41(26-30-43)52-46-18-6-4-16-44(46)45-17-5-7-19-47(45)52/h4-34H,3H2,1-2H3. The van der Waals surface area contributed by atoms with Gasteiger partial charge in [-0.3, -0.25) is 0 Å². The van der Waals surface area contributed by atoms with Crippen LogP contribution < -0.4 is 20.7 Å². The molecule has 0 spiro atoms. The number of hydrogen-bond donors (Lipinski definition) is 0. The third kappa shape index (κ3) is 5.22. The lowest BCUT2D eigenvalue weighted by atomic mass is 10.0. The van der Waals surface area contributed by atoms with Gasteiger partial charge in [-0.05, 0) is 98.3 Å². The Morgan fingerprint density at radius 2 is 1.04 bits per heavy atom. The highest BCUT2D eigenvalue weighted by Gasteiger charge is 2.47. The Balaban J connectivity index is 1.21. The van der Waals surface area contributed by atoms with Gasteiger partial charge in [0.25, 0.3) is 0 Å². The fraction of sp³-hybridized carbons (Fsp3) is 0.0588. The molecule has 1 unspecified atom stereocenters. The lowest BCUT2D eigenvalue weighted by Gasteiger charge is -2.40. The van der Waals surface area contributed by atoms with E-state index in [1.54, 1.807) is 0 Å². The van der Waals surface area contributed by atoms with E-state index in [1.807, 2.05) is 11.8 Å². The average molecular weight is 726 g/mol. The van der Waals surface area contributed by atoms with Crippen LogP contribution in [-0.2, 0) is 6.42 Å². The molecule has 54 heavy (non-hydrogen) atoms. The summed E-state index contributed by atoms with van der Waals surface area (Å²) in [4.78, 5) is 2.71. The Morgan fingerprint density at radius 1 is 0.463 bits per heavy atom. The smallest absolute Gasteiger partial charge is 0.181 e. The molecule has 9 aromatic rings. The number of aryl methyl sites for hydroxylation is 2. The quantitative estimate of drug-likeness (QED) is 0.155. The van der Waals surface area contributed by atoms with Crippen LogP contribution in [0.2, 0.25) is 0 Å². The summed E-state index contributed by atoms with van der Waals surface area (Å²) in [7, 11) is -2.80. The molecule has 1 aliphatic rings. The minimum absolute atomic E-state index is 1.03. The molecule has 8 aromatic carbocycles. The van der Waals surface area contributed by atoms with E-state index in [0.717, 1.165) is 6.42 Å². The molecule has 2 heterocycles. The number of nitrogens with zero attached hydrogens (tertiary/aromatic N) is 1. The third-order valence-corrected chi connectivity index (χ3v) is 17.8. The van der Waals surface area contributed by atoms with E-state index in [9.17, 15) is 0 Å². The maximum atomic E-state index is 2.47. The molecule has 1 aliphatic heterocycles. The summed E-state index contributed by atoms with van der Waals surface area (Å²) in [5, 5.41) is 8.27. The third-order valence-electron chi connectivity index (χ3n) is 11.4. The lowest BCUT2D eigenvalue weighted by Crippen LogP contribution is -2.76. The number of fused-ring (bicyclic) bond motifs is 5. The second kappa shape index (κ2) is 13.2. The Labute approximate surface area is 322 Å². The number of rotatable bonds is 6. The van der Waals surface area contributed by atoms with Crippen molar-refractivity contribution in [2.24, 2.45) is 0 Å². The van der Waals surface area contributed by atoms with Gasteiger partial charge in [-0.15, -0.1) is 0 Å². The Bertz CT molecular complexity index is 2800. The first-order chi connectivity index (χ1) is 26.6. The van der Waals surface area contributed by atoms with Crippen LogP contribution in [-0.4, -0.2) is 12.6 Å². The number of benzene rings is 8. The van der Waals surface area contributed by atoms with Crippen molar-refractivity contribution in [2.45, 2.75) is 30.1 Å². The molecule has 1 atom stereocenters. The van der Waals surface area contributed by atoms with Crippen molar-refractivity contribution in [1.29, 1.82) is 0 Å². The minimum atomic E-state index is -2.80. The summed E-state index contributed by atoms with van der Waals surface area (Å²) in [6.07, 6.45) is 1.03. The summed E-state index contributed by atoms with van der Waals surface area (Å²) in [5.41, 5.74) is 11.3. The summed E-state index contributed by atoms with van der Waals surface area (Å²) >= 11 is 1.93. The van der Waals surface area contributed by atoms with Gasteiger partial charge in [-0.2, -0.15) is 0 Å². The van der Waals surface area contributed by atoms with Gasteiger partial charge in [0.15, 0.2) is 8.07 Å². The Morgan fingerprint density at radius 3 is 1.74 bits per heavy atom. The Kier molecular flexibility index (Phi) is 8.01. The largest absolute Gasteiger partial charge is 0.309 e. The maximum absolute atomic E-state index is 2.80. The molecule has 0 saturated heterocycles. The first-order valence-corrected chi connectivity index (χ1v) is 21.7. The van der Waals surface area contributed by atoms with E-state index < -0.39 is 8.07 Å². The molecule has 0 aliphatic carbocycles. The molecule has 1 aromatic heterocycles. The molecule has 258 valence electrons. The van der Waals surface area contributed by atoms with Gasteiger partial charge < -0.3 is 4.57 Å². The first-order valence-electron chi connectivity index (χ1n) is 18.9. The first kappa shape index (κ1) is 32.8. The van der Waals surface area contributed by atoms with Crippen molar-refractivity contribution >= 4 is 62.4 Å². The predicted molar refractivity (Wildman–Crippen MR) is 234 cm³/mol. The summed E-state index contributed by atoms with van der Waals surface area (Å²) in [6.45, 7) is 4.40. The van der Waals surface area contributed by atoms with Gasteiger partial charge in [-0.25, -0.2) is 0 Å².